The lowest BCUT2D eigenvalue weighted by Crippen LogP contribution is -2.47. The number of halogens is 1. The van der Waals surface area contributed by atoms with Crippen LogP contribution in [0.4, 0.5) is 4.39 Å². The molecule has 1 aromatic rings. The van der Waals surface area contributed by atoms with Crippen LogP contribution in [0.25, 0.3) is 0 Å². The average Bonchev–Trinajstić information content (AvgIpc) is 2.90. The number of piperidine rings is 1. The molecule has 21 heavy (non-hydrogen) atoms. The van der Waals surface area contributed by atoms with E-state index < -0.39 is 15.8 Å². The lowest BCUT2D eigenvalue weighted by atomic mass is 10.1. The lowest BCUT2D eigenvalue weighted by molar-refractivity contribution is -0.179. The maximum atomic E-state index is 12.9. The number of benzene rings is 1. The Morgan fingerprint density at radius 1 is 1.10 bits per heavy atom. The van der Waals surface area contributed by atoms with Gasteiger partial charge in [0.2, 0.25) is 10.0 Å². The molecule has 5 nitrogen and oxygen atoms in total. The molecule has 2 heterocycles. The summed E-state index contributed by atoms with van der Waals surface area (Å²) in [5.74, 6) is -1.06. The van der Waals surface area contributed by atoms with E-state index in [1.807, 2.05) is 0 Å². The van der Waals surface area contributed by atoms with E-state index in [9.17, 15) is 12.8 Å². The van der Waals surface area contributed by atoms with Gasteiger partial charge < -0.3 is 9.47 Å². The summed E-state index contributed by atoms with van der Waals surface area (Å²) in [5, 5.41) is 0. The summed E-state index contributed by atoms with van der Waals surface area (Å²) < 4.78 is 50.3. The minimum atomic E-state index is -3.40. The fraction of sp³-hybridized carbons (Fsp3) is 0.571. The number of hydrogen-bond donors (Lipinski definition) is 0. The topological polar surface area (TPSA) is 55.8 Å². The van der Waals surface area contributed by atoms with Gasteiger partial charge in [-0.25, -0.2) is 17.1 Å². The molecule has 2 saturated heterocycles. The van der Waals surface area contributed by atoms with Crippen LogP contribution in [-0.4, -0.2) is 44.8 Å². The predicted molar refractivity (Wildman–Crippen MR) is 74.5 cm³/mol. The highest BCUT2D eigenvalue weighted by atomic mass is 32.2. The van der Waals surface area contributed by atoms with E-state index >= 15 is 0 Å². The van der Waals surface area contributed by atoms with Crippen molar-refractivity contribution in [3.05, 3.63) is 35.6 Å². The zero-order valence-corrected chi connectivity index (χ0v) is 12.4. The van der Waals surface area contributed by atoms with E-state index in [1.165, 1.54) is 28.6 Å². The molecule has 2 fully saturated rings. The van der Waals surface area contributed by atoms with Crippen LogP contribution in [0.2, 0.25) is 0 Å². The molecule has 1 aromatic carbocycles. The summed E-state index contributed by atoms with van der Waals surface area (Å²) in [6.45, 7) is 1.93. The first-order valence-electron chi connectivity index (χ1n) is 6.99. The number of sulfonamides is 1. The summed E-state index contributed by atoms with van der Waals surface area (Å²) in [4.78, 5) is 0. The minimum Gasteiger partial charge on any atom is -0.347 e. The molecule has 0 bridgehead atoms. The molecule has 0 N–H and O–H groups in total. The molecule has 0 unspecified atom stereocenters. The van der Waals surface area contributed by atoms with Crippen LogP contribution in [0.15, 0.2) is 24.3 Å². The highest BCUT2D eigenvalue weighted by Crippen LogP contribution is 2.32. The Kier molecular flexibility index (Phi) is 4.00. The Hall–Kier alpha value is -1.02. The highest BCUT2D eigenvalue weighted by molar-refractivity contribution is 7.88. The highest BCUT2D eigenvalue weighted by Gasteiger charge is 2.42. The molecule has 7 heteroatoms. The molecule has 2 aliphatic rings. The molecule has 116 valence electrons. The smallest absolute Gasteiger partial charge is 0.218 e. The number of nitrogens with zero attached hydrogens (tertiary/aromatic N) is 1. The van der Waals surface area contributed by atoms with Gasteiger partial charge in [-0.2, -0.15) is 0 Å². The zero-order chi connectivity index (χ0) is 14.9. The Balaban J connectivity index is 1.64. The zero-order valence-electron chi connectivity index (χ0n) is 11.6. The van der Waals surface area contributed by atoms with Crippen molar-refractivity contribution in [3.63, 3.8) is 0 Å². The second-order valence-corrected chi connectivity index (χ2v) is 7.36. The van der Waals surface area contributed by atoms with Gasteiger partial charge in [-0.15, -0.1) is 0 Å². The van der Waals surface area contributed by atoms with Crippen molar-refractivity contribution in [2.45, 2.75) is 24.4 Å². The minimum absolute atomic E-state index is 0.109. The van der Waals surface area contributed by atoms with Crippen LogP contribution in [0, 0.1) is 5.82 Å². The first kappa shape index (κ1) is 14.9. The van der Waals surface area contributed by atoms with Crippen LogP contribution in [0.5, 0.6) is 0 Å². The summed E-state index contributed by atoms with van der Waals surface area (Å²) in [7, 11) is -3.40. The van der Waals surface area contributed by atoms with Crippen LogP contribution in [-0.2, 0) is 25.2 Å². The van der Waals surface area contributed by atoms with Gasteiger partial charge in [0.15, 0.2) is 5.79 Å². The summed E-state index contributed by atoms with van der Waals surface area (Å²) in [6.07, 6.45) is 1.10. The predicted octanol–water partition coefficient (Wildman–Crippen LogP) is 1.49. The van der Waals surface area contributed by atoms with E-state index in [4.69, 9.17) is 9.47 Å². The standard InChI is InChI=1S/C14H18FNO4S/c15-13-3-1-12(2-4-13)11-21(17,18)16-7-5-14(6-8-16)19-9-10-20-14/h1-4H,5-11H2. The van der Waals surface area contributed by atoms with Crippen LogP contribution >= 0.6 is 0 Å². The molecule has 0 radical (unpaired) electrons. The lowest BCUT2D eigenvalue weighted by Gasteiger charge is -2.36. The third-order valence-electron chi connectivity index (χ3n) is 3.95. The first-order valence-corrected chi connectivity index (χ1v) is 8.60. The Bertz CT molecular complexity index is 586. The fourth-order valence-corrected chi connectivity index (χ4v) is 4.31. The van der Waals surface area contributed by atoms with Gasteiger partial charge >= 0.3 is 0 Å². The Labute approximate surface area is 123 Å². The third-order valence-corrected chi connectivity index (χ3v) is 5.80. The third kappa shape index (κ3) is 3.26. The van der Waals surface area contributed by atoms with Crippen molar-refractivity contribution >= 4 is 10.0 Å². The van der Waals surface area contributed by atoms with Gasteiger partial charge in [0, 0.05) is 25.9 Å². The fourth-order valence-electron chi connectivity index (χ4n) is 2.77. The van der Waals surface area contributed by atoms with Gasteiger partial charge in [-0.1, -0.05) is 12.1 Å². The number of rotatable bonds is 3. The van der Waals surface area contributed by atoms with Crippen molar-refractivity contribution < 1.29 is 22.3 Å². The van der Waals surface area contributed by atoms with Gasteiger partial charge in [0.25, 0.3) is 0 Å². The molecule has 0 aliphatic carbocycles. The average molecular weight is 315 g/mol. The maximum Gasteiger partial charge on any atom is 0.218 e. The van der Waals surface area contributed by atoms with E-state index in [0.29, 0.717) is 44.7 Å². The molecular formula is C14H18FNO4S. The van der Waals surface area contributed by atoms with Crippen molar-refractivity contribution in [1.29, 1.82) is 0 Å². The van der Waals surface area contributed by atoms with E-state index in [0.717, 1.165) is 0 Å². The van der Waals surface area contributed by atoms with Crippen LogP contribution in [0.3, 0.4) is 0 Å². The second kappa shape index (κ2) is 5.64. The van der Waals surface area contributed by atoms with Crippen molar-refractivity contribution in [3.8, 4) is 0 Å². The van der Waals surface area contributed by atoms with Gasteiger partial charge in [0.1, 0.15) is 5.82 Å². The van der Waals surface area contributed by atoms with Gasteiger partial charge in [-0.3, -0.25) is 0 Å². The number of ether oxygens (including phenoxy) is 2. The number of hydrogen-bond acceptors (Lipinski definition) is 4. The van der Waals surface area contributed by atoms with Crippen molar-refractivity contribution in [2.24, 2.45) is 0 Å². The Morgan fingerprint density at radius 2 is 1.67 bits per heavy atom. The molecule has 0 amide bonds. The molecular weight excluding hydrogens is 297 g/mol. The SMILES string of the molecule is O=S(=O)(Cc1ccc(F)cc1)N1CCC2(CC1)OCCO2. The monoisotopic (exact) mass is 315 g/mol. The summed E-state index contributed by atoms with van der Waals surface area (Å²) >= 11 is 0. The van der Waals surface area contributed by atoms with Crippen LogP contribution < -0.4 is 0 Å². The van der Waals surface area contributed by atoms with E-state index in [-0.39, 0.29) is 11.6 Å². The van der Waals surface area contributed by atoms with Gasteiger partial charge in [0.05, 0.1) is 19.0 Å². The second-order valence-electron chi connectivity index (χ2n) is 5.39. The summed E-state index contributed by atoms with van der Waals surface area (Å²) in [6, 6.07) is 5.55. The molecule has 0 saturated carbocycles. The first-order chi connectivity index (χ1) is 9.99. The van der Waals surface area contributed by atoms with Crippen molar-refractivity contribution in [1.82, 2.24) is 4.31 Å². The van der Waals surface area contributed by atoms with Gasteiger partial charge in [-0.05, 0) is 17.7 Å². The van der Waals surface area contributed by atoms with E-state index in [2.05, 4.69) is 0 Å². The van der Waals surface area contributed by atoms with E-state index in [1.54, 1.807) is 0 Å². The molecule has 2 aliphatic heterocycles. The van der Waals surface area contributed by atoms with Crippen molar-refractivity contribution in [2.75, 3.05) is 26.3 Å². The largest absolute Gasteiger partial charge is 0.347 e. The Morgan fingerprint density at radius 3 is 2.24 bits per heavy atom. The maximum absolute atomic E-state index is 12.9. The molecule has 0 atom stereocenters. The quantitative estimate of drug-likeness (QED) is 0.848. The molecule has 0 aromatic heterocycles. The summed E-state index contributed by atoms with van der Waals surface area (Å²) in [5.41, 5.74) is 0.588. The molecule has 3 rings (SSSR count). The normalized spacial score (nSPS) is 22.7. The molecule has 1 spiro atoms. The van der Waals surface area contributed by atoms with Crippen LogP contribution in [0.1, 0.15) is 18.4 Å².